The molecule has 0 saturated heterocycles. The summed E-state index contributed by atoms with van der Waals surface area (Å²) in [6.07, 6.45) is 0.929. The van der Waals surface area contributed by atoms with Gasteiger partial charge in [0.1, 0.15) is 15.7 Å². The number of nitrogens with one attached hydrogen (secondary N) is 1. The van der Waals surface area contributed by atoms with Gasteiger partial charge in [0.2, 0.25) is 5.91 Å². The van der Waals surface area contributed by atoms with E-state index in [1.54, 1.807) is 11.3 Å². The van der Waals surface area contributed by atoms with Crippen molar-refractivity contribution in [2.75, 3.05) is 5.75 Å². The minimum atomic E-state index is 0.0438. The molecule has 3 aromatic rings. The van der Waals surface area contributed by atoms with Crippen LogP contribution < -0.4 is 5.32 Å². The van der Waals surface area contributed by atoms with Gasteiger partial charge in [-0.25, -0.2) is 9.97 Å². The summed E-state index contributed by atoms with van der Waals surface area (Å²) < 4.78 is 0. The molecule has 1 atom stereocenters. The average molecular weight is 372 g/mol. The Balaban J connectivity index is 1.85. The fourth-order valence-corrected chi connectivity index (χ4v) is 4.41. The highest BCUT2D eigenvalue weighted by Gasteiger charge is 2.14. The van der Waals surface area contributed by atoms with Crippen LogP contribution in [0.1, 0.15) is 26.1 Å². The predicted molar refractivity (Wildman–Crippen MR) is 106 cm³/mol. The number of amides is 1. The maximum Gasteiger partial charge on any atom is 0.230 e. The molecule has 0 unspecified atom stereocenters. The van der Waals surface area contributed by atoms with Gasteiger partial charge in [-0.05, 0) is 31.9 Å². The van der Waals surface area contributed by atoms with Gasteiger partial charge in [-0.1, -0.05) is 49.0 Å². The molecule has 0 saturated carbocycles. The molecule has 0 fully saturated rings. The van der Waals surface area contributed by atoms with Crippen molar-refractivity contribution in [3.63, 3.8) is 0 Å². The van der Waals surface area contributed by atoms with E-state index in [0.717, 1.165) is 27.5 Å². The second-order valence-corrected chi connectivity index (χ2v) is 7.93. The van der Waals surface area contributed by atoms with Crippen LogP contribution in [0.2, 0.25) is 0 Å². The standard InChI is InChI=1S/C19H21N3OS2/c1-4-12(2)20-17(23)11-24-18-15-10-16(14-8-6-5-7-9-14)25-19(15)22-13(3)21-18/h5-10,12H,4,11H2,1-3H3,(H,20,23)/t12-/m0/s1. The predicted octanol–water partition coefficient (Wildman–Crippen LogP) is 4.67. The summed E-state index contributed by atoms with van der Waals surface area (Å²) in [7, 11) is 0. The highest BCUT2D eigenvalue weighted by Crippen LogP contribution is 2.36. The molecule has 1 aromatic carbocycles. The molecule has 0 aliphatic heterocycles. The molecule has 3 rings (SSSR count). The number of hydrogen-bond donors (Lipinski definition) is 1. The second kappa shape index (κ2) is 7.97. The Morgan fingerprint density at radius 1 is 1.28 bits per heavy atom. The number of rotatable bonds is 6. The van der Waals surface area contributed by atoms with E-state index in [-0.39, 0.29) is 11.9 Å². The number of carbonyl (C=O) groups excluding carboxylic acids is 1. The smallest absolute Gasteiger partial charge is 0.230 e. The Hall–Kier alpha value is -1.92. The summed E-state index contributed by atoms with van der Waals surface area (Å²) in [5.74, 6) is 1.15. The highest BCUT2D eigenvalue weighted by atomic mass is 32.2. The second-order valence-electron chi connectivity index (χ2n) is 5.94. The topological polar surface area (TPSA) is 54.9 Å². The van der Waals surface area contributed by atoms with Crippen LogP contribution in [0.3, 0.4) is 0 Å². The van der Waals surface area contributed by atoms with Gasteiger partial charge in [-0.3, -0.25) is 4.79 Å². The van der Waals surface area contributed by atoms with Crippen LogP contribution in [0.25, 0.3) is 20.7 Å². The van der Waals surface area contributed by atoms with Crippen molar-refractivity contribution in [2.24, 2.45) is 0 Å². The summed E-state index contributed by atoms with van der Waals surface area (Å²) in [5.41, 5.74) is 1.17. The highest BCUT2D eigenvalue weighted by molar-refractivity contribution is 8.00. The summed E-state index contributed by atoms with van der Waals surface area (Å²) in [6, 6.07) is 12.6. The van der Waals surface area contributed by atoms with Crippen LogP contribution in [0, 0.1) is 6.92 Å². The van der Waals surface area contributed by atoms with Crippen LogP contribution >= 0.6 is 23.1 Å². The molecule has 130 valence electrons. The lowest BCUT2D eigenvalue weighted by Crippen LogP contribution is -2.33. The van der Waals surface area contributed by atoms with Crippen molar-refractivity contribution in [1.82, 2.24) is 15.3 Å². The van der Waals surface area contributed by atoms with Gasteiger partial charge < -0.3 is 5.32 Å². The zero-order chi connectivity index (χ0) is 17.8. The molecule has 0 radical (unpaired) electrons. The molecular weight excluding hydrogens is 350 g/mol. The van der Waals surface area contributed by atoms with Gasteiger partial charge >= 0.3 is 0 Å². The van der Waals surface area contributed by atoms with Crippen LogP contribution in [-0.4, -0.2) is 27.7 Å². The zero-order valence-electron chi connectivity index (χ0n) is 14.6. The quantitative estimate of drug-likeness (QED) is 0.505. The Labute approximate surface area is 156 Å². The minimum absolute atomic E-state index is 0.0438. The van der Waals surface area contributed by atoms with E-state index < -0.39 is 0 Å². The van der Waals surface area contributed by atoms with Crippen molar-refractivity contribution in [3.8, 4) is 10.4 Å². The van der Waals surface area contributed by atoms with Crippen LogP contribution in [-0.2, 0) is 4.79 Å². The maximum atomic E-state index is 12.1. The summed E-state index contributed by atoms with van der Waals surface area (Å²) in [4.78, 5) is 23.3. The largest absolute Gasteiger partial charge is 0.353 e. The van der Waals surface area contributed by atoms with E-state index in [1.807, 2.05) is 32.0 Å². The minimum Gasteiger partial charge on any atom is -0.353 e. The SMILES string of the molecule is CC[C@H](C)NC(=O)CSc1nc(C)nc2sc(-c3ccccc3)cc12. The van der Waals surface area contributed by atoms with Gasteiger partial charge in [-0.15, -0.1) is 11.3 Å². The van der Waals surface area contributed by atoms with Gasteiger partial charge in [0, 0.05) is 16.3 Å². The fourth-order valence-electron chi connectivity index (χ4n) is 2.40. The summed E-state index contributed by atoms with van der Waals surface area (Å²) in [6.45, 7) is 5.97. The Morgan fingerprint density at radius 3 is 2.76 bits per heavy atom. The van der Waals surface area contributed by atoms with E-state index in [9.17, 15) is 4.79 Å². The van der Waals surface area contributed by atoms with E-state index in [4.69, 9.17) is 0 Å². The Bertz CT molecular complexity index is 877. The normalized spacial score (nSPS) is 12.3. The zero-order valence-corrected chi connectivity index (χ0v) is 16.2. The summed E-state index contributed by atoms with van der Waals surface area (Å²) >= 11 is 3.14. The lowest BCUT2D eigenvalue weighted by atomic mass is 10.2. The number of hydrogen-bond acceptors (Lipinski definition) is 5. The first-order valence-electron chi connectivity index (χ1n) is 8.32. The van der Waals surface area contributed by atoms with E-state index in [0.29, 0.717) is 5.75 Å². The number of carbonyl (C=O) groups is 1. The molecule has 1 N–H and O–H groups in total. The number of aromatic nitrogens is 2. The van der Waals surface area contributed by atoms with Gasteiger partial charge in [0.05, 0.1) is 5.75 Å². The van der Waals surface area contributed by atoms with Gasteiger partial charge in [0.25, 0.3) is 0 Å². The molecule has 4 nitrogen and oxygen atoms in total. The number of aryl methyl sites for hydroxylation is 1. The number of nitrogens with zero attached hydrogens (tertiary/aromatic N) is 2. The van der Waals surface area contributed by atoms with Gasteiger partial charge in [-0.2, -0.15) is 0 Å². The van der Waals surface area contributed by atoms with Crippen LogP contribution in [0.15, 0.2) is 41.4 Å². The van der Waals surface area contributed by atoms with Crippen molar-refractivity contribution in [1.29, 1.82) is 0 Å². The molecular formula is C19H21N3OS2. The molecule has 1 amide bonds. The van der Waals surface area contributed by atoms with Crippen LogP contribution in [0.4, 0.5) is 0 Å². The fraction of sp³-hybridized carbons (Fsp3) is 0.316. The molecule has 2 aromatic heterocycles. The summed E-state index contributed by atoms with van der Waals surface area (Å²) in [5, 5.41) is 4.89. The molecule has 0 spiro atoms. The van der Waals surface area contributed by atoms with Crippen molar-refractivity contribution in [3.05, 3.63) is 42.2 Å². The van der Waals surface area contributed by atoms with E-state index in [1.165, 1.54) is 22.2 Å². The lowest BCUT2D eigenvalue weighted by molar-refractivity contribution is -0.119. The number of fused-ring (bicyclic) bond motifs is 1. The third kappa shape index (κ3) is 4.38. The Kier molecular flexibility index (Phi) is 5.71. The maximum absolute atomic E-state index is 12.1. The Morgan fingerprint density at radius 2 is 2.04 bits per heavy atom. The molecule has 0 aliphatic rings. The third-order valence-corrected chi connectivity index (χ3v) is 5.96. The van der Waals surface area contributed by atoms with E-state index in [2.05, 4.69) is 40.4 Å². The first kappa shape index (κ1) is 17.9. The average Bonchev–Trinajstić information content (AvgIpc) is 3.04. The first-order chi connectivity index (χ1) is 12.1. The monoisotopic (exact) mass is 371 g/mol. The molecule has 2 heterocycles. The van der Waals surface area contributed by atoms with Crippen LogP contribution in [0.5, 0.6) is 0 Å². The van der Waals surface area contributed by atoms with E-state index >= 15 is 0 Å². The van der Waals surface area contributed by atoms with Gasteiger partial charge in [0.15, 0.2) is 0 Å². The number of benzene rings is 1. The lowest BCUT2D eigenvalue weighted by Gasteiger charge is -2.11. The molecule has 0 aliphatic carbocycles. The van der Waals surface area contributed by atoms with Crippen molar-refractivity contribution < 1.29 is 4.79 Å². The molecule has 25 heavy (non-hydrogen) atoms. The van der Waals surface area contributed by atoms with Crippen molar-refractivity contribution in [2.45, 2.75) is 38.3 Å². The molecule has 0 bridgehead atoms. The number of thiophene rings is 1. The third-order valence-electron chi connectivity index (χ3n) is 3.89. The van der Waals surface area contributed by atoms with Crippen molar-refractivity contribution >= 4 is 39.2 Å². The number of thioether (sulfide) groups is 1. The molecule has 6 heteroatoms. The first-order valence-corrected chi connectivity index (χ1v) is 10.1.